The van der Waals surface area contributed by atoms with Crippen LogP contribution in [0.2, 0.25) is 0 Å². The molecule has 1 atom stereocenters. The molecule has 0 saturated carbocycles. The molecule has 0 spiro atoms. The van der Waals surface area contributed by atoms with Crippen LogP contribution in [0.3, 0.4) is 0 Å². The number of ether oxygens (including phenoxy) is 1. The summed E-state index contributed by atoms with van der Waals surface area (Å²) < 4.78 is 18.6. The molecule has 0 saturated heterocycles. The Labute approximate surface area is 169 Å². The fourth-order valence-corrected chi connectivity index (χ4v) is 2.82. The minimum atomic E-state index is -0.682. The highest BCUT2D eigenvalue weighted by Crippen LogP contribution is 2.17. The average Bonchev–Trinajstić information content (AvgIpc) is 2.75. The van der Waals surface area contributed by atoms with Crippen LogP contribution in [0.25, 0.3) is 0 Å². The number of carbonyl (C=O) groups excluding carboxylic acids is 2. The lowest BCUT2D eigenvalue weighted by molar-refractivity contribution is -0.127. The quantitative estimate of drug-likeness (QED) is 0.586. The monoisotopic (exact) mass is 391 g/mol. The lowest BCUT2D eigenvalue weighted by atomic mass is 10.0. The molecule has 4 nitrogen and oxygen atoms in total. The Kier molecular flexibility index (Phi) is 6.74. The van der Waals surface area contributed by atoms with Gasteiger partial charge in [0.2, 0.25) is 0 Å². The molecular weight excluding hydrogens is 369 g/mol. The molecule has 0 bridgehead atoms. The van der Waals surface area contributed by atoms with E-state index >= 15 is 0 Å². The van der Waals surface area contributed by atoms with Crippen LogP contribution in [0.5, 0.6) is 5.75 Å². The number of ketones is 1. The number of amides is 1. The van der Waals surface area contributed by atoms with Gasteiger partial charge in [-0.3, -0.25) is 9.59 Å². The normalized spacial score (nSPS) is 11.5. The zero-order valence-corrected chi connectivity index (χ0v) is 16.1. The minimum Gasteiger partial charge on any atom is -0.481 e. The average molecular weight is 391 g/mol. The molecule has 0 aliphatic heterocycles. The van der Waals surface area contributed by atoms with E-state index in [1.807, 2.05) is 18.2 Å². The van der Waals surface area contributed by atoms with Gasteiger partial charge < -0.3 is 10.1 Å². The van der Waals surface area contributed by atoms with Crippen molar-refractivity contribution in [3.8, 4) is 5.75 Å². The zero-order chi connectivity index (χ0) is 20.6. The molecule has 3 aromatic rings. The third-order valence-electron chi connectivity index (χ3n) is 4.46. The molecule has 0 aliphatic rings. The summed E-state index contributed by atoms with van der Waals surface area (Å²) >= 11 is 0. The maximum absolute atomic E-state index is 12.9. The van der Waals surface area contributed by atoms with Gasteiger partial charge in [-0.2, -0.15) is 0 Å². The van der Waals surface area contributed by atoms with Gasteiger partial charge in [0.1, 0.15) is 11.6 Å². The highest BCUT2D eigenvalue weighted by Gasteiger charge is 2.15. The van der Waals surface area contributed by atoms with Gasteiger partial charge in [0, 0.05) is 17.7 Å². The Bertz CT molecular complexity index is 954. The largest absolute Gasteiger partial charge is 0.481 e. The predicted molar refractivity (Wildman–Crippen MR) is 110 cm³/mol. The molecular formula is C24H22FNO3. The first-order valence-electron chi connectivity index (χ1n) is 9.41. The van der Waals surface area contributed by atoms with Gasteiger partial charge in [-0.15, -0.1) is 0 Å². The van der Waals surface area contributed by atoms with Crippen molar-refractivity contribution in [2.75, 3.05) is 6.54 Å². The van der Waals surface area contributed by atoms with Crippen molar-refractivity contribution in [3.05, 3.63) is 101 Å². The first-order chi connectivity index (χ1) is 14.0. The molecule has 0 aliphatic carbocycles. The Morgan fingerprint density at radius 2 is 1.52 bits per heavy atom. The van der Waals surface area contributed by atoms with E-state index in [-0.39, 0.29) is 17.5 Å². The van der Waals surface area contributed by atoms with Crippen LogP contribution < -0.4 is 10.1 Å². The van der Waals surface area contributed by atoms with E-state index in [0.29, 0.717) is 29.8 Å². The van der Waals surface area contributed by atoms with Gasteiger partial charge in [-0.1, -0.05) is 42.5 Å². The van der Waals surface area contributed by atoms with Crippen LogP contribution in [0.1, 0.15) is 28.4 Å². The van der Waals surface area contributed by atoms with Crippen molar-refractivity contribution in [1.82, 2.24) is 5.32 Å². The Hall–Kier alpha value is -3.47. The van der Waals surface area contributed by atoms with E-state index in [1.165, 1.54) is 12.1 Å². The summed E-state index contributed by atoms with van der Waals surface area (Å²) in [4.78, 5) is 24.6. The highest BCUT2D eigenvalue weighted by molar-refractivity contribution is 6.08. The van der Waals surface area contributed by atoms with Crippen molar-refractivity contribution < 1.29 is 18.7 Å². The SMILES string of the molecule is C[C@@H](Oc1ccc(C(=O)c2ccccc2)cc1)C(=O)NCCc1ccc(F)cc1. The van der Waals surface area contributed by atoms with Crippen LogP contribution in [-0.2, 0) is 11.2 Å². The molecule has 0 unspecified atom stereocenters. The first kappa shape index (κ1) is 20.3. The van der Waals surface area contributed by atoms with E-state index in [2.05, 4.69) is 5.32 Å². The number of hydrogen-bond donors (Lipinski definition) is 1. The highest BCUT2D eigenvalue weighted by atomic mass is 19.1. The predicted octanol–water partition coefficient (Wildman–Crippen LogP) is 4.18. The summed E-state index contributed by atoms with van der Waals surface area (Å²) in [5, 5.41) is 2.81. The molecule has 5 heteroatoms. The molecule has 0 fully saturated rings. The number of nitrogens with one attached hydrogen (secondary N) is 1. The first-order valence-corrected chi connectivity index (χ1v) is 9.41. The topological polar surface area (TPSA) is 55.4 Å². The number of carbonyl (C=O) groups is 2. The Morgan fingerprint density at radius 3 is 2.17 bits per heavy atom. The molecule has 0 radical (unpaired) electrons. The van der Waals surface area contributed by atoms with E-state index in [0.717, 1.165) is 5.56 Å². The van der Waals surface area contributed by atoms with Crippen LogP contribution >= 0.6 is 0 Å². The second-order valence-electron chi connectivity index (χ2n) is 6.65. The van der Waals surface area contributed by atoms with Gasteiger partial charge in [-0.25, -0.2) is 4.39 Å². The summed E-state index contributed by atoms with van der Waals surface area (Å²) in [6, 6.07) is 22.0. The third kappa shape index (κ3) is 5.75. The van der Waals surface area contributed by atoms with Crippen LogP contribution in [0, 0.1) is 5.82 Å². The lowest BCUT2D eigenvalue weighted by Crippen LogP contribution is -2.37. The van der Waals surface area contributed by atoms with Crippen LogP contribution in [0.15, 0.2) is 78.9 Å². The van der Waals surface area contributed by atoms with Crippen molar-refractivity contribution in [2.45, 2.75) is 19.4 Å². The molecule has 29 heavy (non-hydrogen) atoms. The smallest absolute Gasteiger partial charge is 0.260 e. The number of rotatable bonds is 8. The van der Waals surface area contributed by atoms with Crippen LogP contribution in [-0.4, -0.2) is 24.3 Å². The van der Waals surface area contributed by atoms with E-state index < -0.39 is 6.10 Å². The third-order valence-corrected chi connectivity index (χ3v) is 4.46. The molecule has 0 aromatic heterocycles. The summed E-state index contributed by atoms with van der Waals surface area (Å²) in [7, 11) is 0. The van der Waals surface area contributed by atoms with Gasteiger partial charge in [-0.05, 0) is 55.3 Å². The van der Waals surface area contributed by atoms with E-state index in [9.17, 15) is 14.0 Å². The van der Waals surface area contributed by atoms with Crippen molar-refractivity contribution in [3.63, 3.8) is 0 Å². The van der Waals surface area contributed by atoms with Crippen LogP contribution in [0.4, 0.5) is 4.39 Å². The molecule has 3 rings (SSSR count). The summed E-state index contributed by atoms with van der Waals surface area (Å²) in [5.41, 5.74) is 2.12. The standard InChI is InChI=1S/C24H22FNO3/c1-17(24(28)26-16-15-18-7-11-21(25)12-8-18)29-22-13-9-20(10-14-22)23(27)19-5-3-2-4-6-19/h2-14,17H,15-16H2,1H3,(H,26,28)/t17-/m1/s1. The van der Waals surface area contributed by atoms with Gasteiger partial charge in [0.25, 0.3) is 5.91 Å². The lowest BCUT2D eigenvalue weighted by Gasteiger charge is -2.15. The van der Waals surface area contributed by atoms with E-state index in [1.54, 1.807) is 55.5 Å². The second kappa shape index (κ2) is 9.64. The molecule has 1 amide bonds. The molecule has 148 valence electrons. The minimum absolute atomic E-state index is 0.0660. The summed E-state index contributed by atoms with van der Waals surface area (Å²) in [5.74, 6) is -0.0765. The van der Waals surface area contributed by atoms with Gasteiger partial charge >= 0.3 is 0 Å². The van der Waals surface area contributed by atoms with E-state index in [4.69, 9.17) is 4.74 Å². The second-order valence-corrected chi connectivity index (χ2v) is 6.65. The van der Waals surface area contributed by atoms with Crippen molar-refractivity contribution in [2.24, 2.45) is 0 Å². The number of hydrogen-bond acceptors (Lipinski definition) is 3. The summed E-state index contributed by atoms with van der Waals surface area (Å²) in [6.45, 7) is 2.10. The number of benzene rings is 3. The maximum atomic E-state index is 12.9. The van der Waals surface area contributed by atoms with Gasteiger partial charge in [0.05, 0.1) is 0 Å². The maximum Gasteiger partial charge on any atom is 0.260 e. The number of halogens is 1. The Morgan fingerprint density at radius 1 is 0.897 bits per heavy atom. The zero-order valence-electron chi connectivity index (χ0n) is 16.1. The Balaban J connectivity index is 1.49. The summed E-state index contributed by atoms with van der Waals surface area (Å²) in [6.07, 6.45) is -0.0754. The molecule has 0 heterocycles. The van der Waals surface area contributed by atoms with Gasteiger partial charge in [0.15, 0.2) is 11.9 Å². The molecule has 3 aromatic carbocycles. The van der Waals surface area contributed by atoms with Crippen molar-refractivity contribution >= 4 is 11.7 Å². The fraction of sp³-hybridized carbons (Fsp3) is 0.167. The molecule has 1 N–H and O–H groups in total. The fourth-order valence-electron chi connectivity index (χ4n) is 2.82. The van der Waals surface area contributed by atoms with Crippen molar-refractivity contribution in [1.29, 1.82) is 0 Å².